The molecule has 1 heterocycles. The summed E-state index contributed by atoms with van der Waals surface area (Å²) in [6, 6.07) is 11.0. The molecule has 3 aromatic rings. The van der Waals surface area contributed by atoms with Crippen LogP contribution in [0.15, 0.2) is 59.5 Å². The molecule has 0 amide bonds. The summed E-state index contributed by atoms with van der Waals surface area (Å²) >= 11 is -1.35. The average molecular weight is 589 g/mol. The smallest absolute Gasteiger partial charge is 0.250 e. The highest BCUT2D eigenvalue weighted by molar-refractivity contribution is 7.90. The van der Waals surface area contributed by atoms with Gasteiger partial charge in [0.1, 0.15) is 11.6 Å². The number of halogens is 1. The van der Waals surface area contributed by atoms with E-state index in [9.17, 15) is 27.0 Å². The summed E-state index contributed by atoms with van der Waals surface area (Å²) < 4.78 is 56.0. The van der Waals surface area contributed by atoms with Crippen molar-refractivity contribution in [2.45, 2.75) is 52.3 Å². The lowest BCUT2D eigenvalue weighted by molar-refractivity contribution is 0.103. The van der Waals surface area contributed by atoms with Crippen LogP contribution in [0.2, 0.25) is 0 Å². The van der Waals surface area contributed by atoms with Crippen molar-refractivity contribution < 1.29 is 22.2 Å². The summed E-state index contributed by atoms with van der Waals surface area (Å²) in [5, 5.41) is 0. The van der Waals surface area contributed by atoms with Gasteiger partial charge in [-0.05, 0) is 59.4 Å². The lowest BCUT2D eigenvalue weighted by Gasteiger charge is -2.26. The van der Waals surface area contributed by atoms with Crippen molar-refractivity contribution >= 4 is 27.0 Å². The molecule has 0 saturated heterocycles. The highest BCUT2D eigenvalue weighted by Crippen LogP contribution is 2.35. The number of benzene rings is 2. The lowest BCUT2D eigenvalue weighted by Crippen LogP contribution is -2.35. The Morgan fingerprint density at radius 2 is 1.75 bits per heavy atom. The molecule has 0 aliphatic carbocycles. The van der Waals surface area contributed by atoms with Gasteiger partial charge in [-0.2, -0.15) is 0 Å². The molecule has 0 fully saturated rings. The molecular weight excluding hydrogens is 551 g/mol. The second-order valence-corrected chi connectivity index (χ2v) is 13.9. The molecule has 216 valence electrons. The minimum absolute atomic E-state index is 0.0351. The number of nitrogens with zero attached hydrogens (tertiary/aromatic N) is 1. The minimum atomic E-state index is -3.38. The maximum Gasteiger partial charge on any atom is 0.250 e. The van der Waals surface area contributed by atoms with Gasteiger partial charge in [0.05, 0.1) is 11.8 Å². The number of carbonyl (C=O) groups excluding carboxylic acids is 1. The Labute approximate surface area is 239 Å². The van der Waals surface area contributed by atoms with E-state index in [1.165, 1.54) is 34.9 Å². The number of nitrogens with one attached hydrogen (secondary N) is 1. The van der Waals surface area contributed by atoms with Crippen LogP contribution in [0.5, 0.6) is 0 Å². The van der Waals surface area contributed by atoms with Crippen LogP contribution in [0.1, 0.15) is 73.6 Å². The third-order valence-corrected chi connectivity index (χ3v) is 9.58. The zero-order valence-corrected chi connectivity index (χ0v) is 25.2. The third kappa shape index (κ3) is 7.90. The number of carbonyl (C=O) groups is 1. The molecule has 2 aromatic carbocycles. The van der Waals surface area contributed by atoms with E-state index >= 15 is 0 Å². The molecule has 40 heavy (non-hydrogen) atoms. The van der Waals surface area contributed by atoms with Crippen molar-refractivity contribution in [3.8, 4) is 11.1 Å². The number of sulfone groups is 1. The van der Waals surface area contributed by atoms with Crippen LogP contribution in [-0.2, 0) is 34.0 Å². The van der Waals surface area contributed by atoms with Crippen LogP contribution in [0, 0.1) is 11.7 Å². The molecule has 1 N–H and O–H groups in total. The predicted octanol–water partition coefficient (Wildman–Crippen LogP) is 5.11. The van der Waals surface area contributed by atoms with Crippen molar-refractivity contribution in [3.63, 3.8) is 0 Å². The van der Waals surface area contributed by atoms with Crippen molar-refractivity contribution in [2.75, 3.05) is 11.5 Å². The maximum absolute atomic E-state index is 13.7. The normalized spacial score (nSPS) is 13.4. The van der Waals surface area contributed by atoms with Crippen molar-refractivity contribution in [3.05, 3.63) is 93.2 Å². The number of ketones is 1. The van der Waals surface area contributed by atoms with Crippen LogP contribution in [0.25, 0.3) is 11.1 Å². The Balaban J connectivity index is 2.28. The second kappa shape index (κ2) is 13.7. The number of hydrogen-bond donors (Lipinski definition) is 1. The molecule has 7 nitrogen and oxygen atoms in total. The van der Waals surface area contributed by atoms with E-state index in [0.717, 1.165) is 12.8 Å². The van der Waals surface area contributed by atoms with Crippen LogP contribution >= 0.6 is 0 Å². The Kier molecular flexibility index (Phi) is 10.9. The first kappa shape index (κ1) is 31.7. The van der Waals surface area contributed by atoms with E-state index in [2.05, 4.69) is 4.72 Å². The Morgan fingerprint density at radius 3 is 2.35 bits per heavy atom. The summed E-state index contributed by atoms with van der Waals surface area (Å²) in [6.07, 6.45) is 3.29. The van der Waals surface area contributed by atoms with Gasteiger partial charge in [-0.1, -0.05) is 46.2 Å². The molecule has 0 aliphatic rings. The van der Waals surface area contributed by atoms with Gasteiger partial charge in [0.15, 0.2) is 15.6 Å². The average Bonchev–Trinajstić information content (AvgIpc) is 2.91. The van der Waals surface area contributed by atoms with Crippen molar-refractivity contribution in [1.29, 1.82) is 0 Å². The molecule has 10 heteroatoms. The number of aryl methyl sites for hydroxylation is 1. The molecule has 2 unspecified atom stereocenters. The number of hydrogen-bond acceptors (Lipinski definition) is 6. The van der Waals surface area contributed by atoms with E-state index in [0.29, 0.717) is 28.0 Å². The SMILES string of the molecule is CCCC[S+]([O-])NC(c1cc(=O)n(C)cc1-c1cc(CS(=O)(=O)CC)ccc1C(=O)c1ccc(F)cc1)C(C)C. The molecule has 0 bridgehead atoms. The minimum Gasteiger partial charge on any atom is -0.598 e. The van der Waals surface area contributed by atoms with Crippen molar-refractivity contribution in [2.24, 2.45) is 13.0 Å². The highest BCUT2D eigenvalue weighted by Gasteiger charge is 2.28. The molecule has 1 aromatic heterocycles. The van der Waals surface area contributed by atoms with E-state index in [1.807, 2.05) is 20.8 Å². The quantitative estimate of drug-likeness (QED) is 0.220. The van der Waals surface area contributed by atoms with Gasteiger partial charge in [-0.15, -0.1) is 4.72 Å². The predicted molar refractivity (Wildman–Crippen MR) is 159 cm³/mol. The summed E-state index contributed by atoms with van der Waals surface area (Å²) in [4.78, 5) is 26.5. The van der Waals surface area contributed by atoms with Gasteiger partial charge in [-0.3, -0.25) is 9.59 Å². The van der Waals surface area contributed by atoms with Crippen LogP contribution in [0.4, 0.5) is 4.39 Å². The van der Waals surface area contributed by atoms with Gasteiger partial charge < -0.3 is 9.12 Å². The van der Waals surface area contributed by atoms with Crippen LogP contribution < -0.4 is 10.3 Å². The molecule has 0 saturated carbocycles. The fraction of sp³-hybridized carbons (Fsp3) is 0.400. The zero-order valence-electron chi connectivity index (χ0n) is 23.6. The van der Waals surface area contributed by atoms with Gasteiger partial charge in [0.25, 0.3) is 5.56 Å². The molecule has 0 spiro atoms. The van der Waals surface area contributed by atoms with E-state index < -0.39 is 33.1 Å². The summed E-state index contributed by atoms with van der Waals surface area (Å²) in [5.74, 6) is -0.712. The van der Waals surface area contributed by atoms with Gasteiger partial charge in [0, 0.05) is 53.1 Å². The van der Waals surface area contributed by atoms with Gasteiger partial charge >= 0.3 is 0 Å². The molecule has 3 rings (SSSR count). The van der Waals surface area contributed by atoms with Gasteiger partial charge in [-0.25, -0.2) is 12.8 Å². The fourth-order valence-electron chi connectivity index (χ4n) is 4.38. The monoisotopic (exact) mass is 588 g/mol. The first-order chi connectivity index (χ1) is 18.9. The Bertz CT molecular complexity index is 1500. The maximum atomic E-state index is 13.7. The van der Waals surface area contributed by atoms with Crippen LogP contribution in [-0.4, -0.2) is 34.8 Å². The third-order valence-electron chi connectivity index (χ3n) is 6.76. The molecule has 0 radical (unpaired) electrons. The summed E-state index contributed by atoms with van der Waals surface area (Å²) in [5.41, 5.74) is 2.31. The number of aromatic nitrogens is 1. The number of unbranched alkanes of at least 4 members (excludes halogenated alkanes) is 1. The first-order valence-electron chi connectivity index (χ1n) is 13.4. The molecule has 2 atom stereocenters. The van der Waals surface area contributed by atoms with E-state index in [4.69, 9.17) is 0 Å². The Morgan fingerprint density at radius 1 is 1.07 bits per heavy atom. The second-order valence-electron chi connectivity index (χ2n) is 10.2. The van der Waals surface area contributed by atoms with E-state index in [1.54, 1.807) is 38.4 Å². The zero-order chi connectivity index (χ0) is 29.6. The summed E-state index contributed by atoms with van der Waals surface area (Å²) in [7, 11) is -1.78. The highest BCUT2D eigenvalue weighted by atomic mass is 32.2. The molecule has 0 aliphatic heterocycles. The van der Waals surface area contributed by atoms with Crippen LogP contribution in [0.3, 0.4) is 0 Å². The fourth-order valence-corrected chi connectivity index (χ4v) is 6.62. The van der Waals surface area contributed by atoms with E-state index in [-0.39, 0.29) is 39.9 Å². The first-order valence-corrected chi connectivity index (χ1v) is 16.5. The summed E-state index contributed by atoms with van der Waals surface area (Å²) in [6.45, 7) is 7.49. The number of pyridine rings is 1. The topological polar surface area (TPSA) is 108 Å². The lowest BCUT2D eigenvalue weighted by atomic mass is 9.87. The van der Waals surface area contributed by atoms with Crippen molar-refractivity contribution in [1.82, 2.24) is 9.29 Å². The largest absolute Gasteiger partial charge is 0.598 e. The standard InChI is InChI=1S/C30H37FN2O5S2/c1-6-8-15-39(36)32-29(20(3)4)26-17-28(34)33(5)18-27(26)25-16-21(19-40(37,38)7-2)9-14-24(25)30(35)22-10-12-23(31)13-11-22/h9-14,16-18,20,29,32H,6-8,15,19H2,1-5H3. The number of rotatable bonds is 13. The Hall–Kier alpha value is -2.79. The molecular formula is C30H37FN2O5S2. The van der Waals surface area contributed by atoms with Gasteiger partial charge in [0.2, 0.25) is 0 Å².